The van der Waals surface area contributed by atoms with Crippen LogP contribution in [0.15, 0.2) is 0 Å². The lowest BCUT2D eigenvalue weighted by Gasteiger charge is -2.37. The smallest absolute Gasteiger partial charge is 0.367 e. The molecule has 0 bridgehead atoms. The van der Waals surface area contributed by atoms with Gasteiger partial charge in [-0.25, -0.2) is 4.79 Å². The van der Waals surface area contributed by atoms with Gasteiger partial charge in [0, 0.05) is 0 Å². The summed E-state index contributed by atoms with van der Waals surface area (Å²) in [6, 6.07) is 0. The van der Waals surface area contributed by atoms with Crippen molar-refractivity contribution in [3.63, 3.8) is 0 Å². The summed E-state index contributed by atoms with van der Waals surface area (Å²) in [6.07, 6.45) is -3.79. The lowest BCUT2D eigenvalue weighted by atomic mass is 9.97. The van der Waals surface area contributed by atoms with Gasteiger partial charge in [-0.3, -0.25) is 0 Å². The maximum Gasteiger partial charge on any atom is 0.367 e. The number of rotatable bonds is 1. The van der Waals surface area contributed by atoms with Gasteiger partial charge in [0.1, 0.15) is 12.2 Å². The number of carbonyl (C=O) groups is 1. The number of ether oxygens (including phenoxy) is 3. The maximum atomic E-state index is 11.2. The Balaban J connectivity index is 2.36. The summed E-state index contributed by atoms with van der Waals surface area (Å²) in [6.45, 7) is 2.71. The van der Waals surface area contributed by atoms with Gasteiger partial charge in [-0.15, -0.1) is 0 Å². The van der Waals surface area contributed by atoms with Gasteiger partial charge in [-0.2, -0.15) is 0 Å². The highest BCUT2D eigenvalue weighted by Gasteiger charge is 2.66. The first-order valence-corrected chi connectivity index (χ1v) is 4.90. The third kappa shape index (κ3) is 1.52. The van der Waals surface area contributed by atoms with E-state index < -0.39 is 35.9 Å². The summed E-state index contributed by atoms with van der Waals surface area (Å²) in [7, 11) is 0. The Morgan fingerprint density at radius 3 is 2.56 bits per heavy atom. The Kier molecular flexibility index (Phi) is 2.48. The zero-order chi connectivity index (χ0) is 12.1. The van der Waals surface area contributed by atoms with Crippen molar-refractivity contribution >= 4 is 5.97 Å². The van der Waals surface area contributed by atoms with E-state index in [-0.39, 0.29) is 6.61 Å². The van der Waals surface area contributed by atoms with Crippen molar-refractivity contribution in [1.29, 1.82) is 0 Å². The molecule has 0 amide bonds. The highest BCUT2D eigenvalue weighted by Crippen LogP contribution is 2.42. The topological polar surface area (TPSA) is 105 Å². The average Bonchev–Trinajstić information content (AvgIpc) is 2.45. The molecule has 0 aromatic carbocycles. The Morgan fingerprint density at radius 1 is 1.38 bits per heavy atom. The second kappa shape index (κ2) is 3.38. The summed E-state index contributed by atoms with van der Waals surface area (Å²) in [5, 5.41) is 28.2. The van der Waals surface area contributed by atoms with Crippen LogP contribution in [0.3, 0.4) is 0 Å². The molecule has 2 rings (SSSR count). The van der Waals surface area contributed by atoms with E-state index in [4.69, 9.17) is 19.3 Å². The molecular weight excluding hydrogens is 220 g/mol. The lowest BCUT2D eigenvalue weighted by Crippen LogP contribution is -2.63. The van der Waals surface area contributed by atoms with Crippen molar-refractivity contribution in [2.24, 2.45) is 0 Å². The van der Waals surface area contributed by atoms with Crippen LogP contribution < -0.4 is 0 Å². The van der Waals surface area contributed by atoms with Crippen LogP contribution in [0.2, 0.25) is 0 Å². The van der Waals surface area contributed by atoms with Gasteiger partial charge in [0.15, 0.2) is 11.9 Å². The minimum absolute atomic E-state index is 0.316. The molecule has 0 radical (unpaired) electrons. The van der Waals surface area contributed by atoms with Gasteiger partial charge in [0.25, 0.3) is 0 Å². The summed E-state index contributed by atoms with van der Waals surface area (Å²) >= 11 is 0. The van der Waals surface area contributed by atoms with Crippen molar-refractivity contribution in [1.82, 2.24) is 0 Å². The highest BCUT2D eigenvalue weighted by atomic mass is 16.9. The van der Waals surface area contributed by atoms with Crippen LogP contribution in [0, 0.1) is 0 Å². The van der Waals surface area contributed by atoms with E-state index in [1.54, 1.807) is 0 Å². The van der Waals surface area contributed by atoms with E-state index in [0.29, 0.717) is 0 Å². The molecule has 0 saturated carbocycles. The van der Waals surface area contributed by atoms with Gasteiger partial charge in [0.2, 0.25) is 0 Å². The SMILES string of the molecule is CC1(C)OC2C(O)C(O)COC2(C(=O)O)O1. The summed E-state index contributed by atoms with van der Waals surface area (Å²) < 4.78 is 15.5. The van der Waals surface area contributed by atoms with Gasteiger partial charge in [-0.05, 0) is 13.8 Å². The third-order valence-corrected chi connectivity index (χ3v) is 2.65. The fourth-order valence-electron chi connectivity index (χ4n) is 1.97. The quantitative estimate of drug-likeness (QED) is 0.516. The van der Waals surface area contributed by atoms with E-state index in [1.165, 1.54) is 13.8 Å². The number of carboxylic acids is 1. The van der Waals surface area contributed by atoms with Crippen molar-refractivity contribution in [2.75, 3.05) is 6.61 Å². The number of hydrogen-bond acceptors (Lipinski definition) is 6. The van der Waals surface area contributed by atoms with Crippen LogP contribution in [0.1, 0.15) is 13.8 Å². The second-order valence-corrected chi connectivity index (χ2v) is 4.38. The fourth-order valence-corrected chi connectivity index (χ4v) is 1.97. The molecule has 3 N–H and O–H groups in total. The molecule has 2 fully saturated rings. The van der Waals surface area contributed by atoms with Crippen LogP contribution in [0.25, 0.3) is 0 Å². The molecule has 92 valence electrons. The van der Waals surface area contributed by atoms with Crippen molar-refractivity contribution in [3.8, 4) is 0 Å². The van der Waals surface area contributed by atoms with Gasteiger partial charge in [-0.1, -0.05) is 0 Å². The van der Waals surface area contributed by atoms with Crippen molar-refractivity contribution in [2.45, 2.75) is 43.7 Å². The van der Waals surface area contributed by atoms with E-state index in [9.17, 15) is 15.0 Å². The first-order chi connectivity index (χ1) is 7.28. The molecule has 16 heavy (non-hydrogen) atoms. The molecule has 2 saturated heterocycles. The summed E-state index contributed by atoms with van der Waals surface area (Å²) in [4.78, 5) is 11.2. The zero-order valence-electron chi connectivity index (χ0n) is 8.91. The average molecular weight is 234 g/mol. The van der Waals surface area contributed by atoms with Crippen LogP contribution in [-0.4, -0.2) is 57.8 Å². The molecule has 4 atom stereocenters. The van der Waals surface area contributed by atoms with E-state index in [1.807, 2.05) is 0 Å². The van der Waals surface area contributed by atoms with Crippen LogP contribution >= 0.6 is 0 Å². The molecular formula is C9H14O7. The van der Waals surface area contributed by atoms with Crippen molar-refractivity contribution < 1.29 is 34.3 Å². The normalized spacial score (nSPS) is 46.4. The van der Waals surface area contributed by atoms with E-state index in [0.717, 1.165) is 0 Å². The Hall–Kier alpha value is -0.730. The molecule has 4 unspecified atom stereocenters. The monoisotopic (exact) mass is 234 g/mol. The standard InChI is InChI=1S/C9H14O7/c1-8(2)15-6-5(11)4(10)3-14-9(6,16-8)7(12)13/h4-6,10-11H,3H2,1-2H3,(H,12,13). The third-order valence-electron chi connectivity index (χ3n) is 2.65. The highest BCUT2D eigenvalue weighted by molar-refractivity contribution is 5.77. The molecule has 0 spiro atoms. The van der Waals surface area contributed by atoms with Crippen molar-refractivity contribution in [3.05, 3.63) is 0 Å². The lowest BCUT2D eigenvalue weighted by molar-refractivity contribution is -0.286. The van der Waals surface area contributed by atoms with E-state index in [2.05, 4.69) is 0 Å². The predicted molar refractivity (Wildman–Crippen MR) is 48.4 cm³/mol. The number of aliphatic hydroxyl groups is 2. The zero-order valence-corrected chi connectivity index (χ0v) is 8.91. The Morgan fingerprint density at radius 2 is 2.00 bits per heavy atom. The first kappa shape index (κ1) is 11.7. The van der Waals surface area contributed by atoms with Crippen LogP contribution in [-0.2, 0) is 19.0 Å². The minimum Gasteiger partial charge on any atom is -0.477 e. The molecule has 0 aromatic rings. The Bertz CT molecular complexity index is 315. The molecule has 0 aromatic heterocycles. The molecule has 7 nitrogen and oxygen atoms in total. The van der Waals surface area contributed by atoms with Gasteiger partial charge in [0.05, 0.1) is 6.61 Å². The number of aliphatic carboxylic acids is 1. The molecule has 2 heterocycles. The fraction of sp³-hybridized carbons (Fsp3) is 0.889. The summed E-state index contributed by atoms with van der Waals surface area (Å²) in [5.74, 6) is -4.61. The second-order valence-electron chi connectivity index (χ2n) is 4.38. The first-order valence-electron chi connectivity index (χ1n) is 4.90. The van der Waals surface area contributed by atoms with E-state index >= 15 is 0 Å². The molecule has 7 heteroatoms. The predicted octanol–water partition coefficient (Wildman–Crippen LogP) is -1.33. The molecule has 2 aliphatic rings. The molecule has 2 aliphatic heterocycles. The van der Waals surface area contributed by atoms with Crippen LogP contribution in [0.4, 0.5) is 0 Å². The number of hydrogen-bond donors (Lipinski definition) is 3. The summed E-state index contributed by atoms with van der Waals surface area (Å²) in [5.41, 5.74) is 0. The Labute approximate surface area is 91.5 Å². The number of aliphatic hydroxyl groups excluding tert-OH is 2. The largest absolute Gasteiger partial charge is 0.477 e. The number of fused-ring (bicyclic) bond motifs is 1. The van der Waals surface area contributed by atoms with Gasteiger partial charge < -0.3 is 29.5 Å². The maximum absolute atomic E-state index is 11.2. The molecule has 0 aliphatic carbocycles. The van der Waals surface area contributed by atoms with Crippen LogP contribution in [0.5, 0.6) is 0 Å². The minimum atomic E-state index is -2.04. The number of carboxylic acid groups (broad SMARTS) is 1. The van der Waals surface area contributed by atoms with Gasteiger partial charge >= 0.3 is 11.8 Å².